The summed E-state index contributed by atoms with van der Waals surface area (Å²) in [6.45, 7) is 1.90. The van der Waals surface area contributed by atoms with Crippen molar-refractivity contribution < 1.29 is 23.1 Å². The van der Waals surface area contributed by atoms with E-state index in [4.69, 9.17) is 9.84 Å². The van der Waals surface area contributed by atoms with E-state index >= 15 is 0 Å². The Morgan fingerprint density at radius 3 is 2.63 bits per heavy atom. The fourth-order valence-electron chi connectivity index (χ4n) is 2.26. The van der Waals surface area contributed by atoms with Gasteiger partial charge in [0.05, 0.1) is 28.4 Å². The lowest BCUT2D eigenvalue weighted by Gasteiger charge is -2.13. The van der Waals surface area contributed by atoms with Gasteiger partial charge >= 0.3 is 5.97 Å². The van der Waals surface area contributed by atoms with Crippen LogP contribution in [0.25, 0.3) is 0 Å². The van der Waals surface area contributed by atoms with Crippen molar-refractivity contribution in [3.63, 3.8) is 0 Å². The van der Waals surface area contributed by atoms with E-state index < -0.39 is 15.8 Å². The predicted molar refractivity (Wildman–Crippen MR) is 69.0 cm³/mol. The second-order valence-corrected chi connectivity index (χ2v) is 6.73. The van der Waals surface area contributed by atoms with Crippen molar-refractivity contribution in [2.24, 2.45) is 0 Å². The maximum absolute atomic E-state index is 12.3. The van der Waals surface area contributed by atoms with E-state index in [0.29, 0.717) is 6.42 Å². The average Bonchev–Trinajstić information content (AvgIpc) is 2.74. The van der Waals surface area contributed by atoms with Gasteiger partial charge in [-0.2, -0.15) is 0 Å². The fourth-order valence-corrected chi connectivity index (χ4v) is 3.95. The van der Waals surface area contributed by atoms with Crippen LogP contribution in [-0.4, -0.2) is 37.5 Å². The molecule has 2 rings (SSSR count). The molecule has 0 radical (unpaired) electrons. The topological polar surface area (TPSA) is 80.7 Å². The van der Waals surface area contributed by atoms with E-state index in [-0.39, 0.29) is 28.4 Å². The first-order valence-electron chi connectivity index (χ1n) is 6.10. The molecule has 0 aliphatic carbocycles. The Morgan fingerprint density at radius 2 is 2.05 bits per heavy atom. The molecular formula is C13H16O5S. The summed E-state index contributed by atoms with van der Waals surface area (Å²) in [5.74, 6) is -1.40. The van der Waals surface area contributed by atoms with Gasteiger partial charge in [0.15, 0.2) is 9.84 Å². The lowest BCUT2D eigenvalue weighted by atomic mass is 10.2. The number of aromatic carboxylic acids is 1. The number of ether oxygens (including phenoxy) is 1. The summed E-state index contributed by atoms with van der Waals surface area (Å²) in [5, 5.41) is 9.04. The third-order valence-electron chi connectivity index (χ3n) is 3.18. The van der Waals surface area contributed by atoms with Crippen LogP contribution in [-0.2, 0) is 14.6 Å². The Balaban J connectivity index is 2.27. The minimum absolute atomic E-state index is 0.0647. The SMILES string of the molecule is CC1CCC(CS(=O)(=O)c2ccccc2C(=O)O)O1. The van der Waals surface area contributed by atoms with Gasteiger partial charge in [0, 0.05) is 0 Å². The van der Waals surface area contributed by atoms with E-state index in [1.165, 1.54) is 24.3 Å². The summed E-state index contributed by atoms with van der Waals surface area (Å²) in [4.78, 5) is 10.9. The highest BCUT2D eigenvalue weighted by Gasteiger charge is 2.30. The van der Waals surface area contributed by atoms with Crippen LogP contribution in [0.15, 0.2) is 29.2 Å². The quantitative estimate of drug-likeness (QED) is 0.910. The van der Waals surface area contributed by atoms with Crippen LogP contribution >= 0.6 is 0 Å². The van der Waals surface area contributed by atoms with E-state index in [9.17, 15) is 13.2 Å². The van der Waals surface area contributed by atoms with Crippen LogP contribution in [0.5, 0.6) is 0 Å². The Morgan fingerprint density at radius 1 is 1.37 bits per heavy atom. The lowest BCUT2D eigenvalue weighted by Crippen LogP contribution is -2.22. The third kappa shape index (κ3) is 3.13. The molecule has 6 heteroatoms. The number of rotatable bonds is 4. The number of benzene rings is 1. The third-order valence-corrected chi connectivity index (χ3v) is 5.01. The highest BCUT2D eigenvalue weighted by Crippen LogP contribution is 2.24. The monoisotopic (exact) mass is 284 g/mol. The zero-order valence-electron chi connectivity index (χ0n) is 10.6. The molecule has 1 aromatic carbocycles. The number of hydrogen-bond donors (Lipinski definition) is 1. The summed E-state index contributed by atoms with van der Waals surface area (Å²) in [6.07, 6.45) is 1.24. The summed E-state index contributed by atoms with van der Waals surface area (Å²) < 4.78 is 30.0. The first-order chi connectivity index (χ1) is 8.90. The van der Waals surface area contributed by atoms with Gasteiger partial charge in [0.2, 0.25) is 0 Å². The molecule has 0 amide bonds. The fraction of sp³-hybridized carbons (Fsp3) is 0.462. The van der Waals surface area contributed by atoms with Crippen LogP contribution in [0.2, 0.25) is 0 Å². The van der Waals surface area contributed by atoms with Crippen LogP contribution in [0.4, 0.5) is 0 Å². The zero-order chi connectivity index (χ0) is 14.0. The lowest BCUT2D eigenvalue weighted by molar-refractivity contribution is 0.0678. The molecule has 0 saturated carbocycles. The summed E-state index contributed by atoms with van der Waals surface area (Å²) >= 11 is 0. The molecule has 1 heterocycles. The van der Waals surface area contributed by atoms with E-state index in [1.807, 2.05) is 6.92 Å². The van der Waals surface area contributed by atoms with Gasteiger partial charge in [-0.3, -0.25) is 0 Å². The molecule has 2 unspecified atom stereocenters. The molecule has 0 spiro atoms. The molecule has 1 aliphatic heterocycles. The maximum Gasteiger partial charge on any atom is 0.337 e. The van der Waals surface area contributed by atoms with Crippen molar-refractivity contribution in [2.45, 2.75) is 36.9 Å². The maximum atomic E-state index is 12.3. The molecular weight excluding hydrogens is 268 g/mol. The summed E-state index contributed by atoms with van der Waals surface area (Å²) in [6, 6.07) is 5.67. The van der Waals surface area contributed by atoms with Crippen molar-refractivity contribution in [2.75, 3.05) is 5.75 Å². The van der Waals surface area contributed by atoms with Crippen molar-refractivity contribution in [1.29, 1.82) is 0 Å². The number of sulfone groups is 1. The molecule has 0 bridgehead atoms. The molecule has 2 atom stereocenters. The Bertz CT molecular complexity index is 578. The van der Waals surface area contributed by atoms with E-state index in [2.05, 4.69) is 0 Å². The zero-order valence-corrected chi connectivity index (χ0v) is 11.4. The first-order valence-corrected chi connectivity index (χ1v) is 7.76. The van der Waals surface area contributed by atoms with Crippen LogP contribution in [0, 0.1) is 0 Å². The molecule has 5 nitrogen and oxygen atoms in total. The molecule has 104 valence electrons. The standard InChI is InChI=1S/C13H16O5S/c1-9-6-7-10(18-9)8-19(16,17)12-5-3-2-4-11(12)13(14)15/h2-5,9-10H,6-8H2,1H3,(H,14,15). The van der Waals surface area contributed by atoms with Gasteiger partial charge in [0.25, 0.3) is 0 Å². The molecule has 19 heavy (non-hydrogen) atoms. The number of hydrogen-bond acceptors (Lipinski definition) is 4. The Hall–Kier alpha value is -1.40. The highest BCUT2D eigenvalue weighted by atomic mass is 32.2. The molecule has 1 aromatic rings. The van der Waals surface area contributed by atoms with Gasteiger partial charge in [-0.05, 0) is 31.9 Å². The molecule has 0 aromatic heterocycles. The van der Waals surface area contributed by atoms with Crippen LogP contribution in [0.3, 0.4) is 0 Å². The minimum Gasteiger partial charge on any atom is -0.478 e. The average molecular weight is 284 g/mol. The Kier molecular flexibility index (Phi) is 3.91. The minimum atomic E-state index is -3.65. The van der Waals surface area contributed by atoms with Crippen molar-refractivity contribution in [3.8, 4) is 0 Å². The van der Waals surface area contributed by atoms with Crippen molar-refractivity contribution in [3.05, 3.63) is 29.8 Å². The highest BCUT2D eigenvalue weighted by molar-refractivity contribution is 7.91. The first kappa shape index (κ1) is 14.0. The van der Waals surface area contributed by atoms with Crippen molar-refractivity contribution in [1.82, 2.24) is 0 Å². The van der Waals surface area contributed by atoms with E-state index in [1.54, 1.807) is 0 Å². The number of carboxylic acids is 1. The molecule has 1 saturated heterocycles. The van der Waals surface area contributed by atoms with Gasteiger partial charge in [-0.15, -0.1) is 0 Å². The van der Waals surface area contributed by atoms with Gasteiger partial charge in [-0.25, -0.2) is 13.2 Å². The summed E-state index contributed by atoms with van der Waals surface area (Å²) in [7, 11) is -3.65. The normalized spacial score (nSPS) is 23.4. The summed E-state index contributed by atoms with van der Waals surface area (Å²) in [5.41, 5.74) is -0.187. The van der Waals surface area contributed by atoms with Crippen LogP contribution < -0.4 is 0 Å². The second-order valence-electron chi connectivity index (χ2n) is 4.73. The molecule has 1 fully saturated rings. The smallest absolute Gasteiger partial charge is 0.337 e. The van der Waals surface area contributed by atoms with Crippen molar-refractivity contribution >= 4 is 15.8 Å². The van der Waals surface area contributed by atoms with Gasteiger partial charge in [-0.1, -0.05) is 12.1 Å². The van der Waals surface area contributed by atoms with Gasteiger partial charge < -0.3 is 9.84 Å². The van der Waals surface area contributed by atoms with E-state index in [0.717, 1.165) is 6.42 Å². The number of carbonyl (C=O) groups is 1. The Labute approximate surface area is 112 Å². The second kappa shape index (κ2) is 5.30. The predicted octanol–water partition coefficient (Wildman–Crippen LogP) is 1.73. The van der Waals surface area contributed by atoms with Gasteiger partial charge in [0.1, 0.15) is 0 Å². The molecule has 1 N–H and O–H groups in total. The molecule has 1 aliphatic rings. The number of carboxylic acid groups (broad SMARTS) is 1. The van der Waals surface area contributed by atoms with Crippen LogP contribution in [0.1, 0.15) is 30.1 Å². The largest absolute Gasteiger partial charge is 0.478 e.